The van der Waals surface area contributed by atoms with Gasteiger partial charge in [-0.15, -0.1) is 0 Å². The molecule has 1 rings (SSSR count). The van der Waals surface area contributed by atoms with Crippen molar-refractivity contribution in [2.75, 3.05) is 13.2 Å². The average Bonchev–Trinajstić information content (AvgIpc) is 3.16. The van der Waals surface area contributed by atoms with E-state index in [9.17, 15) is 30.3 Å². The molecule has 4 atom stereocenters. The van der Waals surface area contributed by atoms with Crippen molar-refractivity contribution in [2.45, 2.75) is 251 Å². The molecule has 1 aromatic carbocycles. The standard InChI is InChI=1S/C48H89O9P/c1-8-9-10-11-12-13-14-15-16-17-18-19-20-21-22-23-24-25-26-27-28-29-30-31-32-33-34-40(50)38-55-58(57-46(54)43(51)37-49)56-45(53)39-35-41(47(2,3)4)44(52)42(36-39)48(5,6)7/h35-36,40,43,46,49-52,54H,8-34,37-38H2,1-7H3. The van der Waals surface area contributed by atoms with Gasteiger partial charge in [0, 0.05) is 11.1 Å². The molecule has 0 heterocycles. The molecule has 0 radical (unpaired) electrons. The van der Waals surface area contributed by atoms with E-state index in [1.165, 1.54) is 148 Å². The Hall–Kier alpha value is -1.32. The summed E-state index contributed by atoms with van der Waals surface area (Å²) < 4.78 is 16.5. The molecule has 10 heteroatoms. The van der Waals surface area contributed by atoms with Crippen LogP contribution in [0.15, 0.2) is 12.1 Å². The number of benzene rings is 1. The van der Waals surface area contributed by atoms with Crippen LogP contribution in [0.4, 0.5) is 0 Å². The summed E-state index contributed by atoms with van der Waals surface area (Å²) in [4.78, 5) is 13.4. The van der Waals surface area contributed by atoms with Crippen molar-refractivity contribution in [2.24, 2.45) is 0 Å². The molecule has 0 fully saturated rings. The van der Waals surface area contributed by atoms with Gasteiger partial charge in [0.25, 0.3) is 0 Å². The topological polar surface area (TPSA) is 146 Å². The zero-order valence-corrected chi connectivity index (χ0v) is 39.1. The van der Waals surface area contributed by atoms with E-state index in [0.717, 1.165) is 19.3 Å². The van der Waals surface area contributed by atoms with Crippen molar-refractivity contribution >= 4 is 14.6 Å². The number of phenols is 1. The van der Waals surface area contributed by atoms with Crippen molar-refractivity contribution in [1.82, 2.24) is 0 Å². The predicted molar refractivity (Wildman–Crippen MR) is 240 cm³/mol. The first-order chi connectivity index (χ1) is 27.6. The van der Waals surface area contributed by atoms with Gasteiger partial charge in [0.15, 0.2) is 6.29 Å². The summed E-state index contributed by atoms with van der Waals surface area (Å²) in [5, 5.41) is 51.0. The largest absolute Gasteiger partial charge is 0.507 e. The average molecular weight is 841 g/mol. The number of rotatable bonds is 36. The van der Waals surface area contributed by atoms with E-state index >= 15 is 0 Å². The van der Waals surface area contributed by atoms with Gasteiger partial charge >= 0.3 is 14.6 Å². The van der Waals surface area contributed by atoms with E-state index in [1.54, 1.807) is 12.1 Å². The van der Waals surface area contributed by atoms with Gasteiger partial charge in [-0.3, -0.25) is 9.05 Å². The lowest BCUT2D eigenvalue weighted by Crippen LogP contribution is -2.31. The lowest BCUT2D eigenvalue weighted by molar-refractivity contribution is -0.125. The molecule has 0 saturated carbocycles. The molecule has 0 aliphatic rings. The molecular weight excluding hydrogens is 751 g/mol. The van der Waals surface area contributed by atoms with Crippen LogP contribution in [0.25, 0.3) is 0 Å². The van der Waals surface area contributed by atoms with Crippen molar-refractivity contribution < 1.29 is 43.9 Å². The Labute approximate surface area is 356 Å². The summed E-state index contributed by atoms with van der Waals surface area (Å²) in [6, 6.07) is 3.13. The summed E-state index contributed by atoms with van der Waals surface area (Å²) in [6.45, 7) is 12.9. The monoisotopic (exact) mass is 841 g/mol. The molecule has 0 bridgehead atoms. The Kier molecular flexibility index (Phi) is 30.6. The minimum absolute atomic E-state index is 0.113. The second-order valence-corrected chi connectivity index (χ2v) is 19.9. The molecule has 0 spiro atoms. The molecule has 5 N–H and O–H groups in total. The van der Waals surface area contributed by atoms with Crippen LogP contribution in [-0.4, -0.2) is 63.2 Å². The zero-order valence-electron chi connectivity index (χ0n) is 38.2. The van der Waals surface area contributed by atoms with Crippen molar-refractivity contribution in [3.05, 3.63) is 28.8 Å². The highest BCUT2D eigenvalue weighted by molar-refractivity contribution is 7.42. The van der Waals surface area contributed by atoms with Gasteiger partial charge in [-0.2, -0.15) is 0 Å². The Bertz CT molecular complexity index is 1130. The van der Waals surface area contributed by atoms with Crippen LogP contribution in [0.3, 0.4) is 0 Å². The van der Waals surface area contributed by atoms with Crippen LogP contribution in [0.1, 0.15) is 243 Å². The number of carbonyl (C=O) groups is 1. The van der Waals surface area contributed by atoms with Crippen molar-refractivity contribution in [1.29, 1.82) is 0 Å². The fraction of sp³-hybridized carbons (Fsp3) is 0.854. The van der Waals surface area contributed by atoms with Crippen LogP contribution in [0.5, 0.6) is 5.75 Å². The highest BCUT2D eigenvalue weighted by atomic mass is 31.2. The number of carbonyl (C=O) groups excluding carboxylic acids is 1. The molecule has 9 nitrogen and oxygen atoms in total. The van der Waals surface area contributed by atoms with Crippen LogP contribution in [0.2, 0.25) is 0 Å². The van der Waals surface area contributed by atoms with Crippen molar-refractivity contribution in [3.63, 3.8) is 0 Å². The lowest BCUT2D eigenvalue weighted by atomic mass is 9.78. The van der Waals surface area contributed by atoms with Gasteiger partial charge < -0.3 is 30.1 Å². The number of hydrogen-bond donors (Lipinski definition) is 5. The number of aliphatic hydroxyl groups excluding tert-OH is 4. The van der Waals surface area contributed by atoms with E-state index in [-0.39, 0.29) is 17.9 Å². The Morgan fingerprint density at radius 3 is 1.28 bits per heavy atom. The third-order valence-corrected chi connectivity index (χ3v) is 12.2. The van der Waals surface area contributed by atoms with Gasteiger partial charge in [-0.25, -0.2) is 4.79 Å². The van der Waals surface area contributed by atoms with Gasteiger partial charge in [0.05, 0.1) is 24.9 Å². The molecule has 0 aromatic heterocycles. The minimum atomic E-state index is -2.55. The second-order valence-electron chi connectivity index (χ2n) is 18.8. The quantitative estimate of drug-likeness (QED) is 0.0253. The second kappa shape index (κ2) is 32.4. The fourth-order valence-electron chi connectivity index (χ4n) is 7.27. The van der Waals surface area contributed by atoms with Crippen LogP contribution in [-0.2, 0) is 24.4 Å². The van der Waals surface area contributed by atoms with Crippen molar-refractivity contribution in [3.8, 4) is 5.75 Å². The number of unbranched alkanes of at least 4 members (excludes halogenated alkanes) is 25. The zero-order chi connectivity index (χ0) is 43.2. The first-order valence-electron chi connectivity index (χ1n) is 23.5. The fourth-order valence-corrected chi connectivity index (χ4v) is 8.28. The van der Waals surface area contributed by atoms with Gasteiger partial charge in [0.1, 0.15) is 11.9 Å². The van der Waals surface area contributed by atoms with Gasteiger partial charge in [0.2, 0.25) is 0 Å². The van der Waals surface area contributed by atoms with E-state index in [1.807, 2.05) is 41.5 Å². The van der Waals surface area contributed by atoms with Crippen LogP contribution < -0.4 is 0 Å². The molecule has 0 saturated heterocycles. The first kappa shape index (κ1) is 54.7. The highest BCUT2D eigenvalue weighted by Crippen LogP contribution is 2.44. The lowest BCUT2D eigenvalue weighted by Gasteiger charge is -2.28. The molecule has 0 aliphatic heterocycles. The van der Waals surface area contributed by atoms with E-state index in [2.05, 4.69) is 6.92 Å². The number of phenolic OH excluding ortho intramolecular Hbond substituents is 1. The third-order valence-electron chi connectivity index (χ3n) is 11.1. The maximum Gasteiger partial charge on any atom is 0.402 e. The smallest absolute Gasteiger partial charge is 0.402 e. The minimum Gasteiger partial charge on any atom is -0.507 e. The van der Waals surface area contributed by atoms with E-state index in [0.29, 0.717) is 17.5 Å². The first-order valence-corrected chi connectivity index (χ1v) is 24.6. The maximum absolute atomic E-state index is 13.4. The number of hydrogen-bond acceptors (Lipinski definition) is 9. The van der Waals surface area contributed by atoms with E-state index < -0.39 is 50.5 Å². The molecule has 4 unspecified atom stereocenters. The summed E-state index contributed by atoms with van der Waals surface area (Å²) in [6.07, 6.45) is 31.0. The predicted octanol–water partition coefficient (Wildman–Crippen LogP) is 13.0. The number of aromatic hydroxyl groups is 1. The summed E-state index contributed by atoms with van der Waals surface area (Å²) in [7, 11) is -2.55. The highest BCUT2D eigenvalue weighted by Gasteiger charge is 2.31. The van der Waals surface area contributed by atoms with Crippen LogP contribution >= 0.6 is 8.60 Å². The molecule has 0 aliphatic carbocycles. The number of aliphatic hydroxyl groups is 4. The van der Waals surface area contributed by atoms with E-state index in [4.69, 9.17) is 13.6 Å². The third kappa shape index (κ3) is 26.1. The Morgan fingerprint density at radius 1 is 0.603 bits per heavy atom. The van der Waals surface area contributed by atoms with Gasteiger partial charge in [-0.1, -0.05) is 215 Å². The SMILES string of the molecule is CCCCCCCCCCCCCCCCCCCCCCCCCCCCC(O)COP(OC(=O)c1cc(C(C)(C)C)c(O)c(C(C)(C)C)c1)OC(O)C(O)CO. The summed E-state index contributed by atoms with van der Waals surface area (Å²) >= 11 is 0. The summed E-state index contributed by atoms with van der Waals surface area (Å²) in [5.41, 5.74) is 0.346. The Morgan fingerprint density at radius 2 is 0.948 bits per heavy atom. The summed E-state index contributed by atoms with van der Waals surface area (Å²) in [5.74, 6) is -0.695. The molecule has 1 aromatic rings. The molecule has 58 heavy (non-hydrogen) atoms. The Balaban J connectivity index is 2.22. The van der Waals surface area contributed by atoms with Crippen LogP contribution in [0, 0.1) is 0 Å². The normalized spacial score (nSPS) is 14.4. The molecule has 0 amide bonds. The maximum atomic E-state index is 13.4. The molecular formula is C48H89O9P. The molecule has 340 valence electrons. The van der Waals surface area contributed by atoms with Gasteiger partial charge in [-0.05, 0) is 29.4 Å².